The van der Waals surface area contributed by atoms with Crippen LogP contribution in [0.2, 0.25) is 0 Å². The second kappa shape index (κ2) is 6.70. The molecule has 3 heterocycles. The highest BCUT2D eigenvalue weighted by Crippen LogP contribution is 2.38. The Bertz CT molecular complexity index is 1040. The van der Waals surface area contributed by atoms with Gasteiger partial charge in [0.1, 0.15) is 17.0 Å². The average molecular weight is 388 g/mol. The summed E-state index contributed by atoms with van der Waals surface area (Å²) in [5.41, 5.74) is 0.925. The van der Waals surface area contributed by atoms with Gasteiger partial charge >= 0.3 is 11.9 Å². The highest BCUT2D eigenvalue weighted by molar-refractivity contribution is 7.17. The number of rotatable bonds is 4. The number of carbonyl (C=O) groups is 2. The highest BCUT2D eigenvalue weighted by atomic mass is 32.1. The molecule has 0 unspecified atom stereocenters. The van der Waals surface area contributed by atoms with Crippen LogP contribution in [0.5, 0.6) is 5.75 Å². The first-order valence-corrected chi connectivity index (χ1v) is 9.23. The third-order valence-corrected chi connectivity index (χ3v) is 4.96. The van der Waals surface area contributed by atoms with E-state index in [0.29, 0.717) is 22.6 Å². The van der Waals surface area contributed by atoms with Gasteiger partial charge in [0.25, 0.3) is 0 Å². The molecule has 0 aliphatic carbocycles. The Hall–Kier alpha value is -2.87. The third kappa shape index (κ3) is 3.52. The molecular formula is C19H20N2O5S. The molecule has 0 saturated heterocycles. The number of aromatic nitrogens is 2. The van der Waals surface area contributed by atoms with Gasteiger partial charge in [-0.05, 0) is 38.8 Å². The third-order valence-electron chi connectivity index (χ3n) is 3.84. The first kappa shape index (κ1) is 18.9. The maximum absolute atomic E-state index is 12.3. The number of carbonyl (C=O) groups excluding carboxylic acids is 1. The minimum absolute atomic E-state index is 0.0258. The minimum atomic E-state index is -1.18. The first-order chi connectivity index (χ1) is 12.6. The summed E-state index contributed by atoms with van der Waals surface area (Å²) in [7, 11) is 0. The van der Waals surface area contributed by atoms with Crippen molar-refractivity contribution in [3.05, 3.63) is 40.5 Å². The van der Waals surface area contributed by atoms with Gasteiger partial charge in [0, 0.05) is 12.3 Å². The van der Waals surface area contributed by atoms with Crippen molar-refractivity contribution in [1.82, 2.24) is 9.38 Å². The molecule has 3 rings (SSSR count). The van der Waals surface area contributed by atoms with Crippen LogP contribution >= 0.6 is 11.3 Å². The number of ether oxygens (including phenoxy) is 1. The standard InChI is InChI=1S/C19H20N2O5S/c1-5-10-7-6-8-21-14(13(17(23)24)20-16(10)21)12-9-11(22)15(27-12)18(25)26-19(2,3)4/h6-9,22H,5H2,1-4H3,(H,23,24). The number of aromatic hydroxyl groups is 1. The molecule has 0 aromatic carbocycles. The topological polar surface area (TPSA) is 101 Å². The van der Waals surface area contributed by atoms with Crippen LogP contribution in [-0.4, -0.2) is 37.1 Å². The number of aryl methyl sites for hydroxylation is 1. The van der Waals surface area contributed by atoms with E-state index in [1.165, 1.54) is 6.07 Å². The Labute approximate surface area is 159 Å². The number of carboxylic acids is 1. The summed E-state index contributed by atoms with van der Waals surface area (Å²) in [5.74, 6) is -2.08. The van der Waals surface area contributed by atoms with Crippen molar-refractivity contribution in [3.8, 4) is 16.3 Å². The van der Waals surface area contributed by atoms with E-state index >= 15 is 0 Å². The van der Waals surface area contributed by atoms with Crippen LogP contribution in [0.4, 0.5) is 0 Å². The largest absolute Gasteiger partial charge is 0.506 e. The van der Waals surface area contributed by atoms with E-state index in [2.05, 4.69) is 4.98 Å². The van der Waals surface area contributed by atoms with Crippen LogP contribution in [0.15, 0.2) is 24.4 Å². The maximum Gasteiger partial charge on any atom is 0.356 e. The molecule has 0 fully saturated rings. The zero-order chi connectivity index (χ0) is 19.9. The van der Waals surface area contributed by atoms with Gasteiger partial charge in [-0.2, -0.15) is 0 Å². The number of imidazole rings is 1. The number of hydrogen-bond donors (Lipinski definition) is 2. The Balaban J connectivity index is 2.19. The van der Waals surface area contributed by atoms with E-state index in [0.717, 1.165) is 16.9 Å². The quantitative estimate of drug-likeness (QED) is 0.656. The summed E-state index contributed by atoms with van der Waals surface area (Å²) in [6.45, 7) is 7.16. The Kier molecular flexibility index (Phi) is 4.69. The lowest BCUT2D eigenvalue weighted by Crippen LogP contribution is -2.23. The number of thiophene rings is 1. The van der Waals surface area contributed by atoms with Crippen molar-refractivity contribution in [2.45, 2.75) is 39.7 Å². The van der Waals surface area contributed by atoms with E-state index in [1.54, 1.807) is 31.4 Å². The molecule has 0 amide bonds. The fourth-order valence-corrected chi connectivity index (χ4v) is 3.72. The summed E-state index contributed by atoms with van der Waals surface area (Å²) in [6.07, 6.45) is 2.41. The van der Waals surface area contributed by atoms with Crippen molar-refractivity contribution >= 4 is 28.9 Å². The lowest BCUT2D eigenvalue weighted by Gasteiger charge is -2.18. The van der Waals surface area contributed by atoms with Gasteiger partial charge in [0.2, 0.25) is 0 Å². The summed E-state index contributed by atoms with van der Waals surface area (Å²) in [5, 5.41) is 19.8. The fraction of sp³-hybridized carbons (Fsp3) is 0.316. The Morgan fingerprint density at radius 3 is 2.63 bits per heavy atom. The molecule has 0 radical (unpaired) electrons. The lowest BCUT2D eigenvalue weighted by molar-refractivity contribution is 0.00726. The molecule has 0 spiro atoms. The van der Waals surface area contributed by atoms with Crippen LogP contribution in [0.1, 0.15) is 53.4 Å². The highest BCUT2D eigenvalue weighted by Gasteiger charge is 2.27. The number of hydrogen-bond acceptors (Lipinski definition) is 6. The normalized spacial score (nSPS) is 11.7. The van der Waals surface area contributed by atoms with Crippen LogP contribution in [0.3, 0.4) is 0 Å². The fourth-order valence-electron chi connectivity index (χ4n) is 2.75. The molecule has 8 heteroatoms. The van der Waals surface area contributed by atoms with Gasteiger partial charge in [-0.25, -0.2) is 14.6 Å². The van der Waals surface area contributed by atoms with Crippen molar-refractivity contribution in [2.75, 3.05) is 0 Å². The van der Waals surface area contributed by atoms with Crippen LogP contribution in [0.25, 0.3) is 16.2 Å². The molecule has 0 saturated carbocycles. The van der Waals surface area contributed by atoms with Gasteiger partial charge in [0.15, 0.2) is 10.6 Å². The maximum atomic E-state index is 12.3. The number of pyridine rings is 1. The summed E-state index contributed by atoms with van der Waals surface area (Å²) >= 11 is 0.977. The van der Waals surface area contributed by atoms with Crippen molar-refractivity contribution in [3.63, 3.8) is 0 Å². The van der Waals surface area contributed by atoms with Crippen LogP contribution in [0, 0.1) is 0 Å². The van der Waals surface area contributed by atoms with Gasteiger partial charge < -0.3 is 14.9 Å². The minimum Gasteiger partial charge on any atom is -0.506 e. The van der Waals surface area contributed by atoms with E-state index < -0.39 is 17.5 Å². The van der Waals surface area contributed by atoms with Crippen LogP contribution < -0.4 is 0 Å². The van der Waals surface area contributed by atoms with Gasteiger partial charge in [-0.1, -0.05) is 13.0 Å². The lowest BCUT2D eigenvalue weighted by atomic mass is 10.2. The first-order valence-electron chi connectivity index (χ1n) is 8.42. The molecule has 142 valence electrons. The Morgan fingerprint density at radius 2 is 2.04 bits per heavy atom. The van der Waals surface area contributed by atoms with E-state index in [4.69, 9.17) is 4.74 Å². The van der Waals surface area contributed by atoms with E-state index in [-0.39, 0.29) is 16.3 Å². The molecule has 0 bridgehead atoms. The molecule has 0 aliphatic rings. The summed E-state index contributed by atoms with van der Waals surface area (Å²) < 4.78 is 6.98. The number of fused-ring (bicyclic) bond motifs is 1. The summed E-state index contributed by atoms with van der Waals surface area (Å²) in [6, 6.07) is 5.07. The SMILES string of the molecule is CCc1cccn2c(-c3cc(O)c(C(=O)OC(C)(C)C)s3)c(C(=O)O)nc12. The molecule has 27 heavy (non-hydrogen) atoms. The number of esters is 1. The molecule has 7 nitrogen and oxygen atoms in total. The summed E-state index contributed by atoms with van der Waals surface area (Å²) in [4.78, 5) is 28.8. The Morgan fingerprint density at radius 1 is 1.33 bits per heavy atom. The van der Waals surface area contributed by atoms with E-state index in [9.17, 15) is 19.8 Å². The molecular weight excluding hydrogens is 368 g/mol. The van der Waals surface area contributed by atoms with Gasteiger partial charge in [0.05, 0.1) is 10.6 Å². The second-order valence-corrected chi connectivity index (χ2v) is 8.07. The molecule has 0 atom stereocenters. The number of carboxylic acid groups (broad SMARTS) is 1. The van der Waals surface area contributed by atoms with Gasteiger partial charge in [-0.3, -0.25) is 4.40 Å². The zero-order valence-corrected chi connectivity index (χ0v) is 16.3. The zero-order valence-electron chi connectivity index (χ0n) is 15.4. The molecule has 2 N–H and O–H groups in total. The molecule has 3 aromatic rings. The number of aromatic carboxylic acids is 1. The smallest absolute Gasteiger partial charge is 0.356 e. The second-order valence-electron chi connectivity index (χ2n) is 7.02. The molecule has 0 aliphatic heterocycles. The van der Waals surface area contributed by atoms with E-state index in [1.807, 2.05) is 19.1 Å². The van der Waals surface area contributed by atoms with Crippen molar-refractivity contribution < 1.29 is 24.5 Å². The van der Waals surface area contributed by atoms with Gasteiger partial charge in [-0.15, -0.1) is 11.3 Å². The van der Waals surface area contributed by atoms with Crippen molar-refractivity contribution in [2.24, 2.45) is 0 Å². The number of nitrogens with zero attached hydrogens (tertiary/aromatic N) is 2. The monoisotopic (exact) mass is 388 g/mol. The van der Waals surface area contributed by atoms with Crippen LogP contribution in [-0.2, 0) is 11.2 Å². The predicted molar refractivity (Wildman–Crippen MR) is 102 cm³/mol. The average Bonchev–Trinajstić information content (AvgIpc) is 3.13. The molecule has 3 aromatic heterocycles. The van der Waals surface area contributed by atoms with Crippen molar-refractivity contribution in [1.29, 1.82) is 0 Å². The predicted octanol–water partition coefficient (Wildman–Crippen LogP) is 3.98.